The van der Waals surface area contributed by atoms with Crippen molar-refractivity contribution < 1.29 is 9.32 Å². The van der Waals surface area contributed by atoms with Crippen molar-refractivity contribution in [1.82, 2.24) is 19.8 Å². The molecule has 2 aromatic rings. The molecule has 7 heteroatoms. The molecule has 0 aromatic carbocycles. The second-order valence-corrected chi connectivity index (χ2v) is 6.19. The average molecular weight is 317 g/mol. The van der Waals surface area contributed by atoms with Crippen molar-refractivity contribution in [2.45, 2.75) is 45.7 Å². The highest BCUT2D eigenvalue weighted by molar-refractivity contribution is 5.89. The minimum Gasteiger partial charge on any atom is -0.360 e. The van der Waals surface area contributed by atoms with Crippen molar-refractivity contribution in [2.24, 2.45) is 0 Å². The number of aryl methyl sites for hydroxylation is 2. The summed E-state index contributed by atoms with van der Waals surface area (Å²) in [7, 11) is 0. The molecule has 0 spiro atoms. The molecule has 2 aromatic heterocycles. The molecular weight excluding hydrogens is 294 g/mol. The highest BCUT2D eigenvalue weighted by Gasteiger charge is 2.25. The van der Waals surface area contributed by atoms with E-state index >= 15 is 0 Å². The zero-order valence-electron chi connectivity index (χ0n) is 13.7. The van der Waals surface area contributed by atoms with E-state index in [0.29, 0.717) is 24.0 Å². The lowest BCUT2D eigenvalue weighted by Crippen LogP contribution is -2.35. The topological polar surface area (TPSA) is 76.2 Å². The predicted molar refractivity (Wildman–Crippen MR) is 86.0 cm³/mol. The first-order valence-electron chi connectivity index (χ1n) is 8.06. The number of carbonyl (C=O) groups is 1. The number of hydrogen-bond donors (Lipinski definition) is 1. The third-order valence-corrected chi connectivity index (χ3v) is 4.18. The SMILES string of the molecule is Cc1cnn(C[C@H]2CCCN2CCC(=O)Nc2cc(C)on2)c1. The highest BCUT2D eigenvalue weighted by Crippen LogP contribution is 2.19. The molecule has 1 aliphatic rings. The summed E-state index contributed by atoms with van der Waals surface area (Å²) in [6.07, 6.45) is 6.74. The Kier molecular flexibility index (Phi) is 4.76. The van der Waals surface area contributed by atoms with E-state index in [1.165, 1.54) is 12.0 Å². The Hall–Kier alpha value is -2.15. The fourth-order valence-electron chi connectivity index (χ4n) is 3.05. The molecule has 0 bridgehead atoms. The van der Waals surface area contributed by atoms with E-state index in [9.17, 15) is 4.79 Å². The van der Waals surface area contributed by atoms with Gasteiger partial charge in [0.05, 0.1) is 12.7 Å². The molecule has 1 aliphatic heterocycles. The number of carbonyl (C=O) groups excluding carboxylic acids is 1. The summed E-state index contributed by atoms with van der Waals surface area (Å²) in [4.78, 5) is 14.4. The van der Waals surface area contributed by atoms with E-state index in [1.807, 2.05) is 17.8 Å². The largest absolute Gasteiger partial charge is 0.360 e. The second kappa shape index (κ2) is 6.95. The Balaban J connectivity index is 1.47. The summed E-state index contributed by atoms with van der Waals surface area (Å²) in [5.74, 6) is 1.14. The van der Waals surface area contributed by atoms with Gasteiger partial charge in [0.25, 0.3) is 0 Å². The van der Waals surface area contributed by atoms with Crippen LogP contribution in [-0.2, 0) is 11.3 Å². The Morgan fingerprint density at radius 2 is 2.35 bits per heavy atom. The molecule has 3 heterocycles. The lowest BCUT2D eigenvalue weighted by molar-refractivity contribution is -0.116. The number of aromatic nitrogens is 3. The highest BCUT2D eigenvalue weighted by atomic mass is 16.5. The number of nitrogens with zero attached hydrogens (tertiary/aromatic N) is 4. The van der Waals surface area contributed by atoms with Gasteiger partial charge in [-0.25, -0.2) is 0 Å². The molecule has 1 amide bonds. The number of nitrogens with one attached hydrogen (secondary N) is 1. The Morgan fingerprint density at radius 3 is 3.04 bits per heavy atom. The summed E-state index contributed by atoms with van der Waals surface area (Å²) in [6, 6.07) is 2.17. The van der Waals surface area contributed by atoms with Crippen molar-refractivity contribution in [2.75, 3.05) is 18.4 Å². The molecule has 0 unspecified atom stereocenters. The number of hydrogen-bond acceptors (Lipinski definition) is 5. The lowest BCUT2D eigenvalue weighted by atomic mass is 10.2. The van der Waals surface area contributed by atoms with Gasteiger partial charge in [-0.2, -0.15) is 5.10 Å². The van der Waals surface area contributed by atoms with Crippen LogP contribution in [0.4, 0.5) is 5.82 Å². The molecule has 0 aliphatic carbocycles. The summed E-state index contributed by atoms with van der Waals surface area (Å²) in [5.41, 5.74) is 1.18. The van der Waals surface area contributed by atoms with Crippen molar-refractivity contribution in [3.05, 3.63) is 29.8 Å². The smallest absolute Gasteiger partial charge is 0.226 e. The standard InChI is InChI=1S/C16H23N5O2/c1-12-9-17-21(10-12)11-14-4-3-6-20(14)7-5-16(22)18-15-8-13(2)23-19-15/h8-10,14H,3-7,11H2,1-2H3,(H,18,19,22)/t14-/m1/s1. The van der Waals surface area contributed by atoms with E-state index in [2.05, 4.69) is 26.7 Å². The average Bonchev–Trinajstić information content (AvgIpc) is 3.21. The van der Waals surface area contributed by atoms with Gasteiger partial charge in [-0.3, -0.25) is 14.4 Å². The molecule has 0 saturated carbocycles. The maximum atomic E-state index is 12.0. The Bertz CT molecular complexity index is 663. The molecule has 7 nitrogen and oxygen atoms in total. The second-order valence-electron chi connectivity index (χ2n) is 6.19. The molecule has 3 rings (SSSR count). The molecule has 1 N–H and O–H groups in total. The first-order chi connectivity index (χ1) is 11.1. The van der Waals surface area contributed by atoms with Crippen LogP contribution in [0, 0.1) is 13.8 Å². The number of anilines is 1. The van der Waals surface area contributed by atoms with Gasteiger partial charge in [-0.1, -0.05) is 5.16 Å². The van der Waals surface area contributed by atoms with Crippen LogP contribution in [0.1, 0.15) is 30.6 Å². The summed E-state index contributed by atoms with van der Waals surface area (Å²) in [5, 5.41) is 10.9. The number of likely N-dealkylation sites (tertiary alicyclic amines) is 1. The molecule has 0 radical (unpaired) electrons. The van der Waals surface area contributed by atoms with Gasteiger partial charge in [-0.05, 0) is 38.8 Å². The molecule has 1 atom stereocenters. The van der Waals surface area contributed by atoms with Gasteiger partial charge >= 0.3 is 0 Å². The van der Waals surface area contributed by atoms with Crippen LogP contribution in [-0.4, -0.2) is 44.9 Å². The van der Waals surface area contributed by atoms with Crippen LogP contribution in [0.2, 0.25) is 0 Å². The van der Waals surface area contributed by atoms with E-state index in [-0.39, 0.29) is 5.91 Å². The maximum Gasteiger partial charge on any atom is 0.226 e. The molecule has 124 valence electrons. The van der Waals surface area contributed by atoms with Crippen LogP contribution in [0.25, 0.3) is 0 Å². The first-order valence-corrected chi connectivity index (χ1v) is 8.06. The minimum absolute atomic E-state index is 0.0288. The van der Waals surface area contributed by atoms with Gasteiger partial charge in [-0.15, -0.1) is 0 Å². The van der Waals surface area contributed by atoms with E-state index in [4.69, 9.17) is 4.52 Å². The van der Waals surface area contributed by atoms with Gasteiger partial charge < -0.3 is 9.84 Å². The molecule has 1 saturated heterocycles. The Morgan fingerprint density at radius 1 is 1.48 bits per heavy atom. The number of amides is 1. The molecular formula is C16H23N5O2. The van der Waals surface area contributed by atoms with Crippen LogP contribution < -0.4 is 5.32 Å². The third kappa shape index (κ3) is 4.19. The van der Waals surface area contributed by atoms with Crippen molar-refractivity contribution >= 4 is 11.7 Å². The normalized spacial score (nSPS) is 18.4. The van der Waals surface area contributed by atoms with E-state index in [1.54, 1.807) is 13.0 Å². The molecule has 23 heavy (non-hydrogen) atoms. The van der Waals surface area contributed by atoms with E-state index in [0.717, 1.165) is 26.1 Å². The number of rotatable bonds is 6. The lowest BCUT2D eigenvalue weighted by Gasteiger charge is -2.24. The minimum atomic E-state index is -0.0288. The van der Waals surface area contributed by atoms with Crippen molar-refractivity contribution in [3.8, 4) is 0 Å². The van der Waals surface area contributed by atoms with Gasteiger partial charge in [0, 0.05) is 31.3 Å². The third-order valence-electron chi connectivity index (χ3n) is 4.18. The summed E-state index contributed by atoms with van der Waals surface area (Å²) >= 11 is 0. The van der Waals surface area contributed by atoms with E-state index < -0.39 is 0 Å². The maximum absolute atomic E-state index is 12.0. The predicted octanol–water partition coefficient (Wildman–Crippen LogP) is 1.98. The summed E-state index contributed by atoms with van der Waals surface area (Å²) < 4.78 is 6.94. The van der Waals surface area contributed by atoms with Crippen molar-refractivity contribution in [3.63, 3.8) is 0 Å². The van der Waals surface area contributed by atoms with Crippen LogP contribution >= 0.6 is 0 Å². The zero-order chi connectivity index (χ0) is 16.2. The quantitative estimate of drug-likeness (QED) is 0.881. The fraction of sp³-hybridized carbons (Fsp3) is 0.562. The zero-order valence-corrected chi connectivity index (χ0v) is 13.7. The van der Waals surface area contributed by atoms with Crippen molar-refractivity contribution in [1.29, 1.82) is 0 Å². The fourth-order valence-corrected chi connectivity index (χ4v) is 3.05. The van der Waals surface area contributed by atoms with Crippen LogP contribution in [0.3, 0.4) is 0 Å². The van der Waals surface area contributed by atoms with Crippen LogP contribution in [0.15, 0.2) is 23.0 Å². The van der Waals surface area contributed by atoms with Gasteiger partial charge in [0.1, 0.15) is 5.76 Å². The Labute approximate surface area is 135 Å². The van der Waals surface area contributed by atoms with Crippen LogP contribution in [0.5, 0.6) is 0 Å². The van der Waals surface area contributed by atoms with Gasteiger partial charge in [0.2, 0.25) is 5.91 Å². The molecule has 1 fully saturated rings. The first kappa shape index (κ1) is 15.7. The monoisotopic (exact) mass is 317 g/mol. The van der Waals surface area contributed by atoms with Gasteiger partial charge in [0.15, 0.2) is 5.82 Å². The summed E-state index contributed by atoms with van der Waals surface area (Å²) in [6.45, 7) is 6.53.